The van der Waals surface area contributed by atoms with Crippen LogP contribution < -0.4 is 0 Å². The summed E-state index contributed by atoms with van der Waals surface area (Å²) in [5.41, 5.74) is 2.01. The molecule has 0 unspecified atom stereocenters. The van der Waals surface area contributed by atoms with Crippen molar-refractivity contribution in [2.75, 3.05) is 5.75 Å². The molecule has 88 valence electrons. The summed E-state index contributed by atoms with van der Waals surface area (Å²) >= 11 is 0. The van der Waals surface area contributed by atoms with Crippen LogP contribution in [-0.4, -0.2) is 14.9 Å². The SMILES string of the molecule is C=CCc1[nH]c2ccccc2c1[S@](=O)CC=C. The van der Waals surface area contributed by atoms with E-state index in [1.54, 1.807) is 6.08 Å². The van der Waals surface area contributed by atoms with Crippen molar-refractivity contribution in [3.8, 4) is 0 Å². The first kappa shape index (κ1) is 11.9. The van der Waals surface area contributed by atoms with Gasteiger partial charge in [-0.2, -0.15) is 0 Å². The first-order valence-corrected chi connectivity index (χ1v) is 6.79. The number of hydrogen-bond donors (Lipinski definition) is 1. The molecule has 0 aliphatic heterocycles. The molecule has 2 aromatic rings. The van der Waals surface area contributed by atoms with E-state index in [0.717, 1.165) is 21.5 Å². The lowest BCUT2D eigenvalue weighted by Gasteiger charge is -2.00. The van der Waals surface area contributed by atoms with Crippen molar-refractivity contribution in [3.63, 3.8) is 0 Å². The van der Waals surface area contributed by atoms with Crippen molar-refractivity contribution in [2.24, 2.45) is 0 Å². The molecule has 1 aromatic heterocycles. The molecule has 2 rings (SSSR count). The Kier molecular flexibility index (Phi) is 3.59. The van der Waals surface area contributed by atoms with Gasteiger partial charge in [-0.3, -0.25) is 4.21 Å². The Balaban J connectivity index is 2.62. The Labute approximate surface area is 104 Å². The Bertz CT molecular complexity index is 583. The molecule has 0 fully saturated rings. The Morgan fingerprint density at radius 1 is 1.24 bits per heavy atom. The van der Waals surface area contributed by atoms with E-state index in [0.29, 0.717) is 12.2 Å². The molecule has 1 N–H and O–H groups in total. The second-order valence-corrected chi connectivity index (χ2v) is 5.20. The largest absolute Gasteiger partial charge is 0.357 e. The van der Waals surface area contributed by atoms with Crippen LogP contribution in [0.4, 0.5) is 0 Å². The van der Waals surface area contributed by atoms with Crippen molar-refractivity contribution in [2.45, 2.75) is 11.3 Å². The van der Waals surface area contributed by atoms with E-state index < -0.39 is 10.8 Å². The second-order valence-electron chi connectivity index (χ2n) is 3.77. The molecule has 3 heteroatoms. The quantitative estimate of drug-likeness (QED) is 0.806. The van der Waals surface area contributed by atoms with E-state index in [2.05, 4.69) is 18.1 Å². The lowest BCUT2D eigenvalue weighted by atomic mass is 10.2. The predicted molar refractivity (Wildman–Crippen MR) is 73.7 cm³/mol. The molecule has 0 saturated carbocycles. The van der Waals surface area contributed by atoms with E-state index in [1.807, 2.05) is 30.3 Å². The number of allylic oxidation sites excluding steroid dienone is 1. The molecular formula is C14H15NOS. The number of benzene rings is 1. The topological polar surface area (TPSA) is 32.9 Å². The smallest absolute Gasteiger partial charge is 0.0680 e. The molecule has 0 aliphatic rings. The third kappa shape index (κ3) is 2.24. The average Bonchev–Trinajstić information content (AvgIpc) is 2.67. The lowest BCUT2D eigenvalue weighted by molar-refractivity contribution is 0.685. The monoisotopic (exact) mass is 245 g/mol. The van der Waals surface area contributed by atoms with Crippen LogP contribution in [0.5, 0.6) is 0 Å². The first-order chi connectivity index (χ1) is 8.27. The third-order valence-electron chi connectivity index (χ3n) is 2.58. The molecule has 2 nitrogen and oxygen atoms in total. The maximum absolute atomic E-state index is 12.2. The van der Waals surface area contributed by atoms with E-state index >= 15 is 0 Å². The third-order valence-corrected chi connectivity index (χ3v) is 4.04. The van der Waals surface area contributed by atoms with Gasteiger partial charge in [0.05, 0.1) is 15.7 Å². The Morgan fingerprint density at radius 3 is 2.71 bits per heavy atom. The first-order valence-electron chi connectivity index (χ1n) is 5.47. The Morgan fingerprint density at radius 2 is 2.00 bits per heavy atom. The summed E-state index contributed by atoms with van der Waals surface area (Å²) in [6.45, 7) is 7.38. The van der Waals surface area contributed by atoms with Gasteiger partial charge in [-0.25, -0.2) is 0 Å². The number of H-pyrrole nitrogens is 1. The standard InChI is InChI=1S/C14H15NOS/c1-3-7-13-14(17(16)10-4-2)11-8-5-6-9-12(11)15-13/h3-6,8-9,15H,1-2,7,10H2/t17-/m1/s1. The number of aromatic nitrogens is 1. The highest BCUT2D eigenvalue weighted by Crippen LogP contribution is 2.26. The summed E-state index contributed by atoms with van der Waals surface area (Å²) in [4.78, 5) is 4.20. The zero-order chi connectivity index (χ0) is 12.3. The van der Waals surface area contributed by atoms with Gasteiger partial charge in [0.25, 0.3) is 0 Å². The van der Waals surface area contributed by atoms with Gasteiger partial charge in [-0.1, -0.05) is 30.4 Å². The van der Waals surface area contributed by atoms with Crippen LogP contribution in [0.15, 0.2) is 54.5 Å². The van der Waals surface area contributed by atoms with Crippen LogP contribution >= 0.6 is 0 Å². The van der Waals surface area contributed by atoms with Gasteiger partial charge in [0, 0.05) is 28.8 Å². The highest BCUT2D eigenvalue weighted by Gasteiger charge is 2.14. The fraction of sp³-hybridized carbons (Fsp3) is 0.143. The van der Waals surface area contributed by atoms with Crippen molar-refractivity contribution in [1.29, 1.82) is 0 Å². The van der Waals surface area contributed by atoms with Crippen molar-refractivity contribution < 1.29 is 4.21 Å². The molecule has 0 saturated heterocycles. The molecule has 1 aromatic carbocycles. The van der Waals surface area contributed by atoms with E-state index in [-0.39, 0.29) is 0 Å². The molecule has 0 amide bonds. The fourth-order valence-corrected chi connectivity index (χ4v) is 3.12. The normalized spacial score (nSPS) is 12.5. The summed E-state index contributed by atoms with van der Waals surface area (Å²) in [6.07, 6.45) is 4.21. The molecule has 0 bridgehead atoms. The van der Waals surface area contributed by atoms with Crippen LogP contribution in [0.2, 0.25) is 0 Å². The highest BCUT2D eigenvalue weighted by atomic mass is 32.2. The summed E-state index contributed by atoms with van der Waals surface area (Å²) in [5.74, 6) is 0.478. The van der Waals surface area contributed by atoms with Gasteiger partial charge in [0.15, 0.2) is 0 Å². The minimum Gasteiger partial charge on any atom is -0.357 e. The second kappa shape index (κ2) is 5.15. The average molecular weight is 245 g/mol. The molecule has 0 radical (unpaired) electrons. The molecule has 0 spiro atoms. The van der Waals surface area contributed by atoms with Gasteiger partial charge in [0.1, 0.15) is 0 Å². The molecule has 1 atom stereocenters. The van der Waals surface area contributed by atoms with Gasteiger partial charge in [-0.05, 0) is 6.07 Å². The minimum absolute atomic E-state index is 0.478. The summed E-state index contributed by atoms with van der Waals surface area (Å²) in [5, 5.41) is 1.03. The lowest BCUT2D eigenvalue weighted by Crippen LogP contribution is -1.98. The van der Waals surface area contributed by atoms with Crippen LogP contribution in [0.25, 0.3) is 10.9 Å². The van der Waals surface area contributed by atoms with Gasteiger partial charge in [0.2, 0.25) is 0 Å². The van der Waals surface area contributed by atoms with Gasteiger partial charge in [-0.15, -0.1) is 13.2 Å². The number of aromatic amines is 1. The van der Waals surface area contributed by atoms with E-state index in [9.17, 15) is 4.21 Å². The minimum atomic E-state index is -1.04. The van der Waals surface area contributed by atoms with Crippen LogP contribution in [0, 0.1) is 0 Å². The molecular weight excluding hydrogens is 230 g/mol. The van der Waals surface area contributed by atoms with Crippen LogP contribution in [0.1, 0.15) is 5.69 Å². The van der Waals surface area contributed by atoms with Crippen LogP contribution in [-0.2, 0) is 17.2 Å². The number of para-hydroxylation sites is 1. The Hall–Kier alpha value is -1.61. The summed E-state index contributed by atoms with van der Waals surface area (Å²) in [6, 6.07) is 7.92. The maximum atomic E-state index is 12.2. The van der Waals surface area contributed by atoms with Crippen molar-refractivity contribution in [3.05, 3.63) is 55.3 Å². The highest BCUT2D eigenvalue weighted by molar-refractivity contribution is 7.85. The summed E-state index contributed by atoms with van der Waals surface area (Å²) < 4.78 is 12.2. The number of fused-ring (bicyclic) bond motifs is 1. The van der Waals surface area contributed by atoms with E-state index in [4.69, 9.17) is 0 Å². The maximum Gasteiger partial charge on any atom is 0.0680 e. The molecule has 0 aliphatic carbocycles. The number of rotatable bonds is 5. The number of nitrogens with one attached hydrogen (secondary N) is 1. The van der Waals surface area contributed by atoms with Crippen LogP contribution in [0.3, 0.4) is 0 Å². The van der Waals surface area contributed by atoms with Crippen molar-refractivity contribution >= 4 is 21.7 Å². The molecule has 17 heavy (non-hydrogen) atoms. The fourth-order valence-electron chi connectivity index (χ4n) is 1.91. The predicted octanol–water partition coefficient (Wildman–Crippen LogP) is 3.19. The van der Waals surface area contributed by atoms with Crippen molar-refractivity contribution in [1.82, 2.24) is 4.98 Å². The van der Waals surface area contributed by atoms with Gasteiger partial charge < -0.3 is 4.98 Å². The van der Waals surface area contributed by atoms with E-state index in [1.165, 1.54) is 0 Å². The zero-order valence-corrected chi connectivity index (χ0v) is 10.4. The molecule has 1 heterocycles. The summed E-state index contributed by atoms with van der Waals surface area (Å²) in [7, 11) is -1.04. The zero-order valence-electron chi connectivity index (χ0n) is 9.61. The number of hydrogen-bond acceptors (Lipinski definition) is 1. The van der Waals surface area contributed by atoms with Gasteiger partial charge >= 0.3 is 0 Å².